The molecule has 9 heteroatoms. The van der Waals surface area contributed by atoms with Crippen molar-refractivity contribution in [3.63, 3.8) is 0 Å². The number of allylic oxidation sites excluding steroid dienone is 2. The molecular weight excluding hydrogens is 911 g/mol. The third-order valence-corrected chi connectivity index (χ3v) is 14.5. The second kappa shape index (κ2) is 56.2. The van der Waals surface area contributed by atoms with Crippen molar-refractivity contribution in [1.29, 1.82) is 0 Å². The molecule has 0 aliphatic rings. The maximum Gasteiger partial charge on any atom is 0.306 e. The third-order valence-electron chi connectivity index (χ3n) is 14.5. The molecule has 0 aromatic heterocycles. The lowest BCUT2D eigenvalue weighted by Crippen LogP contribution is -2.44. The van der Waals surface area contributed by atoms with E-state index in [2.05, 4.69) is 26.0 Å². The van der Waals surface area contributed by atoms with E-state index in [1.54, 1.807) is 0 Å². The zero-order chi connectivity index (χ0) is 53.4. The number of aliphatic carboxylic acids is 1. The van der Waals surface area contributed by atoms with Gasteiger partial charge >= 0.3 is 11.9 Å². The first-order chi connectivity index (χ1) is 35.6. The molecule has 0 bridgehead atoms. The van der Waals surface area contributed by atoms with Crippen molar-refractivity contribution in [2.75, 3.05) is 47.5 Å². The minimum absolute atomic E-state index is 0.152. The molecule has 0 rings (SSSR count). The first-order valence-corrected chi connectivity index (χ1v) is 31.8. The molecule has 0 heterocycles. The van der Waals surface area contributed by atoms with Crippen LogP contribution in [0.25, 0.3) is 0 Å². The maximum absolute atomic E-state index is 12.8. The van der Waals surface area contributed by atoms with Gasteiger partial charge < -0.3 is 33.3 Å². The summed E-state index contributed by atoms with van der Waals surface area (Å²) in [6.45, 7) is 4.77. The van der Waals surface area contributed by atoms with E-state index in [0.29, 0.717) is 17.4 Å². The molecule has 0 aromatic carbocycles. The van der Waals surface area contributed by atoms with Gasteiger partial charge in [-0.25, -0.2) is 0 Å². The van der Waals surface area contributed by atoms with Crippen LogP contribution in [0.2, 0.25) is 0 Å². The Hall–Kier alpha value is -1.97. The summed E-state index contributed by atoms with van der Waals surface area (Å²) in [5.74, 6) is -2.26. The highest BCUT2D eigenvalue weighted by Crippen LogP contribution is 2.18. The van der Waals surface area contributed by atoms with E-state index in [9.17, 15) is 19.5 Å². The molecule has 432 valence electrons. The predicted octanol–water partition coefficient (Wildman–Crippen LogP) is 17.6. The van der Waals surface area contributed by atoms with E-state index in [1.165, 1.54) is 257 Å². The molecule has 0 aliphatic heterocycles. The van der Waals surface area contributed by atoms with Crippen molar-refractivity contribution in [2.24, 2.45) is 0 Å². The summed E-state index contributed by atoms with van der Waals surface area (Å²) in [7, 11) is 5.93. The number of ether oxygens (including phenoxy) is 4. The Kier molecular flexibility index (Phi) is 54.7. The summed E-state index contributed by atoms with van der Waals surface area (Å²) < 4.78 is 22.6. The first kappa shape index (κ1) is 71.0. The quantitative estimate of drug-likeness (QED) is 0.0195. The largest absolute Gasteiger partial charge is 0.545 e. The second-order valence-electron chi connectivity index (χ2n) is 23.1. The number of rotatable bonds is 60. The van der Waals surface area contributed by atoms with Crippen LogP contribution in [-0.4, -0.2) is 82.3 Å². The Morgan fingerprint density at radius 3 is 1.01 bits per heavy atom. The van der Waals surface area contributed by atoms with Crippen LogP contribution in [0.3, 0.4) is 0 Å². The lowest BCUT2D eigenvalue weighted by molar-refractivity contribution is -0.870. The van der Waals surface area contributed by atoms with Crippen molar-refractivity contribution in [1.82, 2.24) is 0 Å². The van der Waals surface area contributed by atoms with Crippen LogP contribution in [0.15, 0.2) is 12.2 Å². The number of carboxylic acids is 1. The minimum atomic E-state index is -1.61. The average molecular weight is 1030 g/mol. The second-order valence-corrected chi connectivity index (χ2v) is 23.1. The molecule has 0 aliphatic carbocycles. The molecule has 0 saturated heterocycles. The molecule has 9 nitrogen and oxygen atoms in total. The van der Waals surface area contributed by atoms with E-state index in [4.69, 9.17) is 18.9 Å². The predicted molar refractivity (Wildman–Crippen MR) is 307 cm³/mol. The SMILES string of the molecule is CCCCCCCCCC/C=C\CCCCCCCCCCCCCCCCCCCCCCCCCCCCCC(=O)OC(COC(=O)CCCCCCCCCCC)COC(OCC[N+](C)(C)C)C(=O)[O-]. The molecule has 0 spiro atoms. The van der Waals surface area contributed by atoms with Crippen LogP contribution in [0, 0.1) is 0 Å². The maximum atomic E-state index is 12.8. The van der Waals surface area contributed by atoms with Crippen molar-refractivity contribution in [2.45, 2.75) is 334 Å². The fourth-order valence-electron chi connectivity index (χ4n) is 9.59. The highest BCUT2D eigenvalue weighted by molar-refractivity contribution is 5.70. The monoisotopic (exact) mass is 1030 g/mol. The third kappa shape index (κ3) is 57.6. The fraction of sp³-hybridized carbons (Fsp3) is 0.922. The Morgan fingerprint density at radius 1 is 0.397 bits per heavy atom. The Balaban J connectivity index is 3.82. The molecule has 0 saturated carbocycles. The smallest absolute Gasteiger partial charge is 0.306 e. The molecule has 0 aromatic rings. The van der Waals surface area contributed by atoms with Crippen molar-refractivity contribution in [3.8, 4) is 0 Å². The summed E-state index contributed by atoms with van der Waals surface area (Å²) in [6.07, 6.45) is 63.3. The van der Waals surface area contributed by atoms with E-state index in [1.807, 2.05) is 21.1 Å². The highest BCUT2D eigenvalue weighted by atomic mass is 16.7. The van der Waals surface area contributed by atoms with E-state index in [-0.39, 0.29) is 32.2 Å². The number of carbonyl (C=O) groups excluding carboxylic acids is 3. The van der Waals surface area contributed by atoms with Gasteiger partial charge in [-0.05, 0) is 38.5 Å². The van der Waals surface area contributed by atoms with Gasteiger partial charge in [0, 0.05) is 12.8 Å². The molecule has 0 radical (unpaired) electrons. The van der Waals surface area contributed by atoms with Gasteiger partial charge in [-0.15, -0.1) is 0 Å². The summed E-state index contributed by atoms with van der Waals surface area (Å²) >= 11 is 0. The number of esters is 2. The molecule has 2 atom stereocenters. The van der Waals surface area contributed by atoms with Gasteiger partial charge in [0.15, 0.2) is 12.4 Å². The Bertz CT molecular complexity index is 1200. The highest BCUT2D eigenvalue weighted by Gasteiger charge is 2.22. The number of quaternary nitrogens is 1. The van der Waals surface area contributed by atoms with Gasteiger partial charge in [-0.1, -0.05) is 283 Å². The number of unbranched alkanes of at least 4 members (excludes halogenated alkanes) is 43. The normalized spacial score (nSPS) is 12.7. The lowest BCUT2D eigenvalue weighted by Gasteiger charge is -2.26. The van der Waals surface area contributed by atoms with Crippen LogP contribution in [-0.2, 0) is 33.3 Å². The van der Waals surface area contributed by atoms with Crippen LogP contribution in [0.4, 0.5) is 0 Å². The zero-order valence-corrected chi connectivity index (χ0v) is 49.3. The number of nitrogens with zero attached hydrogens (tertiary/aromatic N) is 1. The summed E-state index contributed by atoms with van der Waals surface area (Å²) in [4.78, 5) is 37.1. The van der Waals surface area contributed by atoms with Crippen LogP contribution >= 0.6 is 0 Å². The van der Waals surface area contributed by atoms with Gasteiger partial charge in [-0.2, -0.15) is 0 Å². The Morgan fingerprint density at radius 2 is 0.699 bits per heavy atom. The van der Waals surface area contributed by atoms with E-state index in [0.717, 1.165) is 38.5 Å². The summed E-state index contributed by atoms with van der Waals surface area (Å²) in [6, 6.07) is 0. The van der Waals surface area contributed by atoms with Crippen LogP contribution in [0.5, 0.6) is 0 Å². The van der Waals surface area contributed by atoms with Crippen molar-refractivity contribution < 1.29 is 42.9 Å². The molecule has 0 amide bonds. The summed E-state index contributed by atoms with van der Waals surface area (Å²) in [5, 5.41) is 11.7. The molecule has 73 heavy (non-hydrogen) atoms. The van der Waals surface area contributed by atoms with Gasteiger partial charge in [0.25, 0.3) is 0 Å². The standard InChI is InChI=1S/C64H123NO8/c1-6-8-10-12-14-16-17-18-19-20-21-22-23-24-25-26-27-28-29-30-31-32-33-34-35-36-37-38-39-40-41-42-43-44-45-47-49-51-53-55-62(67)73-60(59-72-64(63(68)69)70-57-56-65(3,4)5)58-71-61(66)54-52-50-48-46-15-13-11-9-7-2/h20-21,60,64H,6-19,22-59H2,1-5H3/b21-20-. The average Bonchev–Trinajstić information content (AvgIpc) is 3.36. The van der Waals surface area contributed by atoms with Gasteiger partial charge in [0.05, 0.1) is 40.3 Å². The fourth-order valence-corrected chi connectivity index (χ4v) is 9.59. The lowest BCUT2D eigenvalue weighted by atomic mass is 10.0. The van der Waals surface area contributed by atoms with Gasteiger partial charge in [0.2, 0.25) is 0 Å². The van der Waals surface area contributed by atoms with Gasteiger partial charge in [0.1, 0.15) is 13.2 Å². The first-order valence-electron chi connectivity index (χ1n) is 31.8. The number of likely N-dealkylation sites (N-methyl/N-ethyl adjacent to an activating group) is 1. The van der Waals surface area contributed by atoms with Gasteiger partial charge in [-0.3, -0.25) is 9.59 Å². The Labute approximate surface area is 453 Å². The minimum Gasteiger partial charge on any atom is -0.545 e. The van der Waals surface area contributed by atoms with Crippen LogP contribution in [0.1, 0.15) is 322 Å². The molecule has 0 N–H and O–H groups in total. The zero-order valence-electron chi connectivity index (χ0n) is 49.3. The van der Waals surface area contributed by atoms with Crippen molar-refractivity contribution >= 4 is 17.9 Å². The van der Waals surface area contributed by atoms with Crippen molar-refractivity contribution in [3.05, 3.63) is 12.2 Å². The molecular formula is C64H123NO8. The van der Waals surface area contributed by atoms with E-state index >= 15 is 0 Å². The number of carbonyl (C=O) groups is 3. The number of carboxylic acid groups (broad SMARTS) is 1. The number of hydrogen-bond acceptors (Lipinski definition) is 8. The number of hydrogen-bond donors (Lipinski definition) is 0. The topological polar surface area (TPSA) is 111 Å². The van der Waals surface area contributed by atoms with Crippen LogP contribution < -0.4 is 5.11 Å². The molecule has 2 unspecified atom stereocenters. The van der Waals surface area contributed by atoms with E-state index < -0.39 is 24.3 Å². The molecule has 0 fully saturated rings. The summed E-state index contributed by atoms with van der Waals surface area (Å²) in [5.41, 5.74) is 0.